The third-order valence-electron chi connectivity index (χ3n) is 8.93. The molecule has 2 unspecified atom stereocenters. The maximum absolute atomic E-state index is 14.2. The molecule has 2 saturated heterocycles. The fraction of sp³-hybridized carbons (Fsp3) is 0.344. The zero-order chi connectivity index (χ0) is 29.8. The summed E-state index contributed by atoms with van der Waals surface area (Å²) in [5.74, 6) is -2.51. The fourth-order valence-electron chi connectivity index (χ4n) is 6.85. The lowest BCUT2D eigenvalue weighted by Gasteiger charge is -2.45. The van der Waals surface area contributed by atoms with Crippen LogP contribution in [-0.4, -0.2) is 67.7 Å². The van der Waals surface area contributed by atoms with Crippen LogP contribution < -0.4 is 16.0 Å². The van der Waals surface area contributed by atoms with Crippen molar-refractivity contribution in [3.8, 4) is 0 Å². The van der Waals surface area contributed by atoms with E-state index in [1.807, 2.05) is 36.4 Å². The first-order valence-corrected chi connectivity index (χ1v) is 14.3. The van der Waals surface area contributed by atoms with E-state index in [0.717, 1.165) is 28.4 Å². The van der Waals surface area contributed by atoms with Crippen molar-refractivity contribution in [2.24, 2.45) is 0 Å². The summed E-state index contributed by atoms with van der Waals surface area (Å²) in [5, 5.41) is 9.06. The normalized spacial score (nSPS) is 24.0. The van der Waals surface area contributed by atoms with Gasteiger partial charge >= 0.3 is 0 Å². The molecule has 3 aromatic carbocycles. The molecule has 3 N–H and O–H groups in total. The van der Waals surface area contributed by atoms with Crippen LogP contribution in [-0.2, 0) is 42.1 Å². The predicted octanol–water partition coefficient (Wildman–Crippen LogP) is 2.85. The Balaban J connectivity index is 1.13. The molecule has 4 aliphatic rings. The first-order chi connectivity index (χ1) is 20.8. The zero-order valence-electron chi connectivity index (χ0n) is 23.3. The van der Waals surface area contributed by atoms with Gasteiger partial charge in [-0.15, -0.1) is 0 Å². The van der Waals surface area contributed by atoms with Crippen LogP contribution in [0.1, 0.15) is 28.3 Å². The van der Waals surface area contributed by atoms with Crippen LogP contribution in [0.15, 0.2) is 60.7 Å². The second kappa shape index (κ2) is 10.5. The minimum Gasteiger partial charge on any atom is -0.376 e. The summed E-state index contributed by atoms with van der Waals surface area (Å²) in [5.41, 5.74) is 2.64. The minimum atomic E-state index is -1.22. The topological polar surface area (TPSA) is 109 Å². The number of ether oxygens (including phenoxy) is 2. The Morgan fingerprint density at radius 1 is 0.953 bits per heavy atom. The molecule has 7 rings (SSSR count). The Morgan fingerprint density at radius 3 is 2.44 bits per heavy atom. The average Bonchev–Trinajstić information content (AvgIpc) is 3.37. The first-order valence-electron chi connectivity index (χ1n) is 14.3. The van der Waals surface area contributed by atoms with E-state index < -0.39 is 40.4 Å². The molecule has 2 atom stereocenters. The number of carbonyl (C=O) groups excluding carboxylic acids is 3. The van der Waals surface area contributed by atoms with Gasteiger partial charge in [-0.2, -0.15) is 0 Å². The molecule has 0 aromatic heterocycles. The molecule has 0 saturated carbocycles. The third-order valence-corrected chi connectivity index (χ3v) is 8.93. The minimum absolute atomic E-state index is 0.0343. The lowest BCUT2D eigenvalue weighted by Crippen LogP contribution is -2.69. The number of fused-ring (bicyclic) bond motifs is 3. The molecule has 3 aromatic rings. The molecule has 0 bridgehead atoms. The van der Waals surface area contributed by atoms with Crippen molar-refractivity contribution in [2.45, 2.75) is 29.8 Å². The number of para-hydroxylation sites is 1. The van der Waals surface area contributed by atoms with E-state index in [0.29, 0.717) is 31.7 Å². The smallest absolute Gasteiger partial charge is 0.248 e. The van der Waals surface area contributed by atoms with E-state index >= 15 is 0 Å². The molecule has 3 heterocycles. The Bertz CT molecular complexity index is 1620. The number of hydrogen-bond acceptors (Lipinski definition) is 6. The summed E-state index contributed by atoms with van der Waals surface area (Å²) in [6.07, 6.45) is 1.06. The van der Waals surface area contributed by atoms with Crippen molar-refractivity contribution in [1.82, 2.24) is 10.2 Å². The summed E-state index contributed by atoms with van der Waals surface area (Å²) >= 11 is 0. The summed E-state index contributed by atoms with van der Waals surface area (Å²) in [6.45, 7) is 0.501. The van der Waals surface area contributed by atoms with Gasteiger partial charge in [0.1, 0.15) is 23.7 Å². The highest BCUT2D eigenvalue weighted by molar-refractivity contribution is 6.07. The van der Waals surface area contributed by atoms with Gasteiger partial charge in [-0.1, -0.05) is 24.3 Å². The summed E-state index contributed by atoms with van der Waals surface area (Å²) in [7, 11) is 0. The van der Waals surface area contributed by atoms with E-state index in [9.17, 15) is 23.2 Å². The lowest BCUT2D eigenvalue weighted by molar-refractivity contribution is -0.151. The van der Waals surface area contributed by atoms with Crippen molar-refractivity contribution in [3.63, 3.8) is 0 Å². The zero-order valence-corrected chi connectivity index (χ0v) is 23.3. The van der Waals surface area contributed by atoms with Gasteiger partial charge < -0.3 is 25.0 Å². The van der Waals surface area contributed by atoms with Gasteiger partial charge in [0, 0.05) is 24.0 Å². The molecule has 9 nitrogen and oxygen atoms in total. The molecule has 43 heavy (non-hydrogen) atoms. The first kappa shape index (κ1) is 27.6. The fourth-order valence-corrected chi connectivity index (χ4v) is 6.85. The molecular weight excluding hydrogens is 558 g/mol. The van der Waals surface area contributed by atoms with Gasteiger partial charge in [0.05, 0.1) is 37.9 Å². The van der Waals surface area contributed by atoms with Crippen LogP contribution in [0.25, 0.3) is 0 Å². The monoisotopic (exact) mass is 588 g/mol. The highest BCUT2D eigenvalue weighted by Gasteiger charge is 2.51. The van der Waals surface area contributed by atoms with E-state index in [4.69, 9.17) is 9.47 Å². The van der Waals surface area contributed by atoms with Gasteiger partial charge in [-0.25, -0.2) is 8.78 Å². The second-order valence-electron chi connectivity index (χ2n) is 11.7. The largest absolute Gasteiger partial charge is 0.376 e. The Kier molecular flexibility index (Phi) is 6.76. The van der Waals surface area contributed by atoms with Gasteiger partial charge in [0.15, 0.2) is 0 Å². The number of carbonyl (C=O) groups is 3. The van der Waals surface area contributed by atoms with E-state index in [1.165, 1.54) is 17.0 Å². The van der Waals surface area contributed by atoms with Crippen LogP contribution in [0, 0.1) is 11.6 Å². The van der Waals surface area contributed by atoms with Crippen molar-refractivity contribution in [3.05, 3.63) is 94.6 Å². The molecule has 3 amide bonds. The molecule has 2 spiro atoms. The molecule has 222 valence electrons. The van der Waals surface area contributed by atoms with Crippen LogP contribution in [0.2, 0.25) is 0 Å². The quantitative estimate of drug-likeness (QED) is 0.433. The van der Waals surface area contributed by atoms with E-state index in [1.54, 1.807) is 6.07 Å². The molecule has 11 heteroatoms. The average molecular weight is 589 g/mol. The summed E-state index contributed by atoms with van der Waals surface area (Å²) < 4.78 is 39.6. The lowest BCUT2D eigenvalue weighted by atomic mass is 9.79. The maximum Gasteiger partial charge on any atom is 0.248 e. The van der Waals surface area contributed by atoms with E-state index in [2.05, 4.69) is 16.0 Å². The van der Waals surface area contributed by atoms with Crippen molar-refractivity contribution < 1.29 is 32.6 Å². The summed E-state index contributed by atoms with van der Waals surface area (Å²) in [4.78, 5) is 41.8. The Labute approximate surface area is 246 Å². The number of hydrogen-bond donors (Lipinski definition) is 3. The molecule has 1 aliphatic carbocycles. The van der Waals surface area contributed by atoms with Crippen molar-refractivity contribution in [1.29, 1.82) is 0 Å². The second-order valence-corrected chi connectivity index (χ2v) is 11.7. The number of benzene rings is 3. The summed E-state index contributed by atoms with van der Waals surface area (Å²) in [6, 6.07) is 15.5. The SMILES string of the molecule is O=C(CN1C(=O)C2(COCCOC2)NCC1c1cc(F)cc(F)c1)Nc1ccc2c(c1)CC1(C2)C(=O)Nc2ccccc21. The van der Waals surface area contributed by atoms with Gasteiger partial charge in [-0.3, -0.25) is 19.7 Å². The number of rotatable bonds is 4. The number of amides is 3. The predicted molar refractivity (Wildman–Crippen MR) is 152 cm³/mol. The van der Waals surface area contributed by atoms with Crippen molar-refractivity contribution >= 4 is 29.1 Å². The Hall–Kier alpha value is -4.19. The number of nitrogens with zero attached hydrogens (tertiary/aromatic N) is 1. The number of anilines is 2. The van der Waals surface area contributed by atoms with Crippen LogP contribution in [0.4, 0.5) is 20.2 Å². The number of nitrogens with one attached hydrogen (secondary N) is 3. The van der Waals surface area contributed by atoms with Crippen LogP contribution in [0.3, 0.4) is 0 Å². The van der Waals surface area contributed by atoms with Crippen molar-refractivity contribution in [2.75, 3.05) is 50.2 Å². The third kappa shape index (κ3) is 4.77. The molecule has 0 radical (unpaired) electrons. The molecular formula is C32H30F2N4O5. The van der Waals surface area contributed by atoms with Gasteiger partial charge in [-0.05, 0) is 65.4 Å². The molecule has 3 aliphatic heterocycles. The number of piperazine rings is 1. The maximum atomic E-state index is 14.2. The van der Waals surface area contributed by atoms with E-state index in [-0.39, 0.29) is 37.8 Å². The van der Waals surface area contributed by atoms with Crippen LogP contribution in [0.5, 0.6) is 0 Å². The highest BCUT2D eigenvalue weighted by Crippen LogP contribution is 2.47. The standard InChI is InChI=1S/C32H30F2N4O5/c33-22-9-20(10-23(34)12-22)27-15-35-32(17-42-7-8-43-18-32)30(41)38(27)16-28(39)36-24-6-5-19-13-31(14-21(19)11-24)25-3-1-2-4-26(25)37-29(31)40/h1-6,9-12,27,35H,7-8,13-18H2,(H,36,39)(H,37,40). The van der Waals surface area contributed by atoms with Gasteiger partial charge in [0.25, 0.3) is 0 Å². The highest BCUT2D eigenvalue weighted by atomic mass is 19.1. The number of halogens is 2. The Morgan fingerprint density at radius 2 is 1.67 bits per heavy atom. The van der Waals surface area contributed by atoms with Gasteiger partial charge in [0.2, 0.25) is 17.7 Å². The molecule has 2 fully saturated rings. The van der Waals surface area contributed by atoms with Crippen LogP contribution >= 0.6 is 0 Å².